The van der Waals surface area contributed by atoms with Crippen molar-refractivity contribution in [2.45, 2.75) is 117 Å². The molecule has 0 aromatic heterocycles. The number of ether oxygens (including phenoxy) is 3. The van der Waals surface area contributed by atoms with Crippen molar-refractivity contribution in [3.63, 3.8) is 0 Å². The van der Waals surface area contributed by atoms with Crippen LogP contribution in [0.5, 0.6) is 0 Å². The molecule has 220 valence electrons. The summed E-state index contributed by atoms with van der Waals surface area (Å²) in [6.07, 6.45) is 9.34. The zero-order valence-corrected chi connectivity index (χ0v) is 26.7. The second-order valence-electron chi connectivity index (χ2n) is 14.0. The van der Waals surface area contributed by atoms with Gasteiger partial charge in [0.05, 0.1) is 19.6 Å². The molecular formula is C31H50O7Si. The van der Waals surface area contributed by atoms with E-state index >= 15 is 0 Å². The van der Waals surface area contributed by atoms with Gasteiger partial charge in [-0.3, -0.25) is 14.4 Å². The standard InChI is InChI=1S/C31H50O7Si/c1-19-15-21-12-11-20(2)24(27(21)25(16-19)37-29(34)31(6,7)28(33)35-8)14-13-22-17-23(18-26(32)36-22)38-39(9,10)30(3,4)5/h11-12,15,19-20,22-25,27H,13-14,16-18H2,1-10H3/t19-,20-,22+,23+,24-,25-,27-/m0/s1. The molecule has 0 N–H and O–H groups in total. The molecule has 3 rings (SSSR count). The Balaban J connectivity index is 1.75. The van der Waals surface area contributed by atoms with Gasteiger partial charge in [0.2, 0.25) is 0 Å². The van der Waals surface area contributed by atoms with E-state index in [1.54, 1.807) is 13.8 Å². The molecule has 1 fully saturated rings. The monoisotopic (exact) mass is 562 g/mol. The molecule has 0 amide bonds. The third-order valence-corrected chi connectivity index (χ3v) is 13.9. The minimum Gasteiger partial charge on any atom is -0.468 e. The number of cyclic esters (lactones) is 1. The van der Waals surface area contributed by atoms with E-state index in [4.69, 9.17) is 18.6 Å². The molecule has 0 aromatic rings. The van der Waals surface area contributed by atoms with Gasteiger partial charge in [0.25, 0.3) is 0 Å². The number of allylic oxidation sites excluding steroid dienone is 3. The topological polar surface area (TPSA) is 88.1 Å². The normalized spacial score (nSPS) is 31.6. The predicted molar refractivity (Wildman–Crippen MR) is 153 cm³/mol. The Morgan fingerprint density at radius 1 is 1.05 bits per heavy atom. The third kappa shape index (κ3) is 7.23. The maximum Gasteiger partial charge on any atom is 0.323 e. The Morgan fingerprint density at radius 2 is 1.72 bits per heavy atom. The lowest BCUT2D eigenvalue weighted by Crippen LogP contribution is -2.47. The van der Waals surface area contributed by atoms with Gasteiger partial charge >= 0.3 is 17.9 Å². The lowest BCUT2D eigenvalue weighted by molar-refractivity contribution is -0.175. The van der Waals surface area contributed by atoms with Crippen molar-refractivity contribution in [2.24, 2.45) is 29.1 Å². The Kier molecular flexibility index (Phi) is 9.63. The molecule has 0 aromatic carbocycles. The van der Waals surface area contributed by atoms with Crippen LogP contribution in [0.1, 0.15) is 80.6 Å². The van der Waals surface area contributed by atoms with E-state index in [2.05, 4.69) is 65.9 Å². The summed E-state index contributed by atoms with van der Waals surface area (Å²) in [5.74, 6) is -0.578. The van der Waals surface area contributed by atoms with Crippen LogP contribution in [0, 0.1) is 29.1 Å². The fraction of sp³-hybridized carbons (Fsp3) is 0.774. The predicted octanol–water partition coefficient (Wildman–Crippen LogP) is 6.38. The van der Waals surface area contributed by atoms with E-state index in [1.165, 1.54) is 12.7 Å². The van der Waals surface area contributed by atoms with Crippen molar-refractivity contribution in [2.75, 3.05) is 7.11 Å². The molecule has 0 bridgehead atoms. The maximum atomic E-state index is 13.1. The quantitative estimate of drug-likeness (QED) is 0.147. The highest BCUT2D eigenvalue weighted by Gasteiger charge is 2.46. The average molecular weight is 563 g/mol. The molecule has 1 heterocycles. The Hall–Kier alpha value is -1.93. The van der Waals surface area contributed by atoms with Crippen LogP contribution < -0.4 is 0 Å². The van der Waals surface area contributed by atoms with Crippen molar-refractivity contribution >= 4 is 26.2 Å². The molecule has 0 radical (unpaired) electrons. The Bertz CT molecular complexity index is 989. The van der Waals surface area contributed by atoms with Crippen molar-refractivity contribution in [1.82, 2.24) is 0 Å². The van der Waals surface area contributed by atoms with Gasteiger partial charge in [0, 0.05) is 12.3 Å². The molecule has 2 aliphatic carbocycles. The molecule has 0 saturated carbocycles. The van der Waals surface area contributed by atoms with Crippen LogP contribution in [0.25, 0.3) is 0 Å². The zero-order valence-electron chi connectivity index (χ0n) is 25.7. The van der Waals surface area contributed by atoms with E-state index in [-0.39, 0.29) is 53.0 Å². The number of fused-ring (bicyclic) bond motifs is 1. The summed E-state index contributed by atoms with van der Waals surface area (Å²) >= 11 is 0. The van der Waals surface area contributed by atoms with Crippen LogP contribution >= 0.6 is 0 Å². The summed E-state index contributed by atoms with van der Waals surface area (Å²) < 4.78 is 23.3. The Labute approximate surface area is 236 Å². The first-order valence-corrected chi connectivity index (χ1v) is 17.4. The summed E-state index contributed by atoms with van der Waals surface area (Å²) in [7, 11) is -0.722. The molecule has 39 heavy (non-hydrogen) atoms. The fourth-order valence-electron chi connectivity index (χ4n) is 5.93. The van der Waals surface area contributed by atoms with Crippen molar-refractivity contribution in [1.29, 1.82) is 0 Å². The molecule has 3 aliphatic rings. The summed E-state index contributed by atoms with van der Waals surface area (Å²) in [5, 5.41) is 0.0729. The number of hydrogen-bond donors (Lipinski definition) is 0. The second kappa shape index (κ2) is 11.9. The highest BCUT2D eigenvalue weighted by Crippen LogP contribution is 2.46. The molecule has 1 aliphatic heterocycles. The molecule has 7 atom stereocenters. The molecule has 1 saturated heterocycles. The van der Waals surface area contributed by atoms with Crippen molar-refractivity contribution < 1.29 is 33.0 Å². The van der Waals surface area contributed by atoms with Gasteiger partial charge in [-0.1, -0.05) is 52.8 Å². The maximum absolute atomic E-state index is 13.1. The summed E-state index contributed by atoms with van der Waals surface area (Å²) in [4.78, 5) is 37.9. The number of carbonyl (C=O) groups excluding carboxylic acids is 3. The van der Waals surface area contributed by atoms with E-state index in [1.807, 2.05) is 0 Å². The van der Waals surface area contributed by atoms with Gasteiger partial charge in [0.15, 0.2) is 13.7 Å². The van der Waals surface area contributed by atoms with Gasteiger partial charge < -0.3 is 18.6 Å². The lowest BCUT2D eigenvalue weighted by atomic mass is 9.65. The molecular weight excluding hydrogens is 512 g/mol. The minimum absolute atomic E-state index is 0.0252. The molecule has 8 heteroatoms. The molecule has 0 unspecified atom stereocenters. The number of rotatable bonds is 8. The van der Waals surface area contributed by atoms with Gasteiger partial charge in [-0.2, -0.15) is 0 Å². The molecule has 7 nitrogen and oxygen atoms in total. The third-order valence-electron chi connectivity index (χ3n) is 9.37. The van der Waals surface area contributed by atoms with Crippen LogP contribution in [0.3, 0.4) is 0 Å². The first-order chi connectivity index (χ1) is 18.0. The summed E-state index contributed by atoms with van der Waals surface area (Å²) in [6.45, 7) is 18.5. The number of esters is 3. The SMILES string of the molecule is COC(=O)C(C)(C)C(=O)O[C@H]1C[C@@H](C)C=C2C=C[C@H](C)[C@H](CC[C@@H]3C[C@@H](O[Si](C)(C)C(C)(C)C)CC(=O)O3)[C@H]21. The number of carbonyl (C=O) groups is 3. The summed E-state index contributed by atoms with van der Waals surface area (Å²) in [6, 6.07) is 0. The number of methoxy groups -OCH3 is 1. The van der Waals surface area contributed by atoms with Crippen molar-refractivity contribution in [3.8, 4) is 0 Å². The first kappa shape index (κ1) is 31.6. The smallest absolute Gasteiger partial charge is 0.323 e. The number of hydrogen-bond acceptors (Lipinski definition) is 7. The highest BCUT2D eigenvalue weighted by atomic mass is 28.4. The van der Waals surface area contributed by atoms with E-state index in [9.17, 15) is 14.4 Å². The van der Waals surface area contributed by atoms with Crippen LogP contribution in [0.4, 0.5) is 0 Å². The van der Waals surface area contributed by atoms with Gasteiger partial charge in [-0.05, 0) is 74.6 Å². The van der Waals surface area contributed by atoms with E-state index in [0.717, 1.165) is 12.8 Å². The largest absolute Gasteiger partial charge is 0.468 e. The van der Waals surface area contributed by atoms with Crippen molar-refractivity contribution in [3.05, 3.63) is 23.8 Å². The first-order valence-electron chi connectivity index (χ1n) is 14.5. The van der Waals surface area contributed by atoms with Gasteiger partial charge in [-0.15, -0.1) is 0 Å². The fourth-order valence-corrected chi connectivity index (χ4v) is 7.29. The minimum atomic E-state index is -2.00. The van der Waals surface area contributed by atoms with Gasteiger partial charge in [0.1, 0.15) is 12.2 Å². The van der Waals surface area contributed by atoms with E-state index in [0.29, 0.717) is 19.3 Å². The highest BCUT2D eigenvalue weighted by molar-refractivity contribution is 6.74. The summed E-state index contributed by atoms with van der Waals surface area (Å²) in [5.41, 5.74) is -0.189. The van der Waals surface area contributed by atoms with Gasteiger partial charge in [-0.25, -0.2) is 0 Å². The average Bonchev–Trinajstić information content (AvgIpc) is 2.81. The molecule has 0 spiro atoms. The zero-order chi connectivity index (χ0) is 29.3. The van der Waals surface area contributed by atoms with Crippen LogP contribution in [0.2, 0.25) is 18.1 Å². The second-order valence-corrected chi connectivity index (χ2v) is 18.7. The van der Waals surface area contributed by atoms with Crippen LogP contribution in [0.15, 0.2) is 23.8 Å². The lowest BCUT2D eigenvalue weighted by Gasteiger charge is -2.44. The van der Waals surface area contributed by atoms with E-state index < -0.39 is 25.7 Å². The van der Waals surface area contributed by atoms with Crippen LogP contribution in [-0.2, 0) is 33.0 Å². The van der Waals surface area contributed by atoms with Crippen LogP contribution in [-0.4, -0.2) is 51.6 Å². The Morgan fingerprint density at radius 3 is 2.33 bits per heavy atom.